The molecule has 0 fully saturated rings. The van der Waals surface area contributed by atoms with Crippen molar-refractivity contribution in [3.63, 3.8) is 0 Å². The lowest BCUT2D eigenvalue weighted by Crippen LogP contribution is -2.13. The SMILES string of the molecule is CCOC(=O)c1c(NCCCC(C)C)sc(C(N)=O)c1N. The quantitative estimate of drug-likeness (QED) is 0.505. The Hall–Kier alpha value is -1.76. The number of carbonyl (C=O) groups excluding carboxylic acids is 2. The van der Waals surface area contributed by atoms with Crippen LogP contribution in [0.3, 0.4) is 0 Å². The molecule has 0 bridgehead atoms. The molecule has 0 atom stereocenters. The van der Waals surface area contributed by atoms with Gasteiger partial charge in [-0.2, -0.15) is 0 Å². The second-order valence-electron chi connectivity index (χ2n) is 5.10. The fraction of sp³-hybridized carbons (Fsp3) is 0.571. The summed E-state index contributed by atoms with van der Waals surface area (Å²) in [5, 5.41) is 3.70. The van der Waals surface area contributed by atoms with Crippen molar-refractivity contribution >= 4 is 33.9 Å². The van der Waals surface area contributed by atoms with Gasteiger partial charge in [0.05, 0.1) is 12.3 Å². The zero-order valence-corrected chi connectivity index (χ0v) is 13.5. The summed E-state index contributed by atoms with van der Waals surface area (Å²) in [7, 11) is 0. The van der Waals surface area contributed by atoms with E-state index in [2.05, 4.69) is 19.2 Å². The number of anilines is 2. The molecule has 1 aromatic heterocycles. The van der Waals surface area contributed by atoms with Gasteiger partial charge in [-0.05, 0) is 25.7 Å². The summed E-state index contributed by atoms with van der Waals surface area (Å²) in [6.07, 6.45) is 2.04. The number of hydrogen-bond acceptors (Lipinski definition) is 6. The minimum absolute atomic E-state index is 0.0947. The normalized spacial score (nSPS) is 10.7. The second kappa shape index (κ2) is 7.87. The van der Waals surface area contributed by atoms with Crippen LogP contribution in [0.25, 0.3) is 0 Å². The van der Waals surface area contributed by atoms with Crippen LogP contribution in [0, 0.1) is 5.92 Å². The van der Waals surface area contributed by atoms with Crippen molar-refractivity contribution in [3.8, 4) is 0 Å². The number of ether oxygens (including phenoxy) is 1. The second-order valence-corrected chi connectivity index (χ2v) is 6.12. The highest BCUT2D eigenvalue weighted by Crippen LogP contribution is 2.36. The van der Waals surface area contributed by atoms with E-state index < -0.39 is 11.9 Å². The van der Waals surface area contributed by atoms with Gasteiger partial charge in [0.2, 0.25) is 0 Å². The molecule has 0 aliphatic carbocycles. The lowest BCUT2D eigenvalue weighted by molar-refractivity contribution is 0.0529. The summed E-state index contributed by atoms with van der Waals surface area (Å²) in [6, 6.07) is 0. The monoisotopic (exact) mass is 313 g/mol. The molecule has 0 saturated heterocycles. The molecular weight excluding hydrogens is 290 g/mol. The molecule has 0 radical (unpaired) electrons. The molecule has 6 nitrogen and oxygen atoms in total. The van der Waals surface area contributed by atoms with E-state index in [1.807, 2.05) is 0 Å². The van der Waals surface area contributed by atoms with Gasteiger partial charge in [-0.15, -0.1) is 11.3 Å². The van der Waals surface area contributed by atoms with Crippen molar-refractivity contribution in [2.75, 3.05) is 24.2 Å². The van der Waals surface area contributed by atoms with Crippen molar-refractivity contribution in [1.29, 1.82) is 0 Å². The lowest BCUT2D eigenvalue weighted by Gasteiger charge is -2.08. The van der Waals surface area contributed by atoms with Gasteiger partial charge in [0, 0.05) is 6.54 Å². The Morgan fingerprint density at radius 3 is 2.57 bits per heavy atom. The average molecular weight is 313 g/mol. The van der Waals surface area contributed by atoms with Crippen LogP contribution < -0.4 is 16.8 Å². The summed E-state index contributed by atoms with van der Waals surface area (Å²) < 4.78 is 4.98. The highest BCUT2D eigenvalue weighted by molar-refractivity contribution is 7.19. The number of carbonyl (C=O) groups is 2. The summed E-state index contributed by atoms with van der Waals surface area (Å²) in [5.41, 5.74) is 11.4. The maximum absolute atomic E-state index is 12.0. The Bertz CT molecular complexity index is 512. The third-order valence-corrected chi connectivity index (χ3v) is 4.07. The number of amides is 1. The molecule has 0 unspecified atom stereocenters. The molecule has 0 aromatic carbocycles. The van der Waals surface area contributed by atoms with Gasteiger partial charge in [0.15, 0.2) is 0 Å². The molecule has 0 aliphatic rings. The summed E-state index contributed by atoms with van der Waals surface area (Å²) in [6.45, 7) is 6.96. The van der Waals surface area contributed by atoms with Crippen LogP contribution in [-0.4, -0.2) is 25.0 Å². The lowest BCUT2D eigenvalue weighted by atomic mass is 10.1. The molecule has 1 amide bonds. The first-order chi connectivity index (χ1) is 9.88. The molecule has 1 rings (SSSR count). The molecule has 1 aromatic rings. The topological polar surface area (TPSA) is 107 Å². The summed E-state index contributed by atoms with van der Waals surface area (Å²) in [4.78, 5) is 23.5. The van der Waals surface area contributed by atoms with E-state index in [4.69, 9.17) is 16.2 Å². The van der Waals surface area contributed by atoms with Gasteiger partial charge in [0.25, 0.3) is 5.91 Å². The number of hydrogen-bond donors (Lipinski definition) is 3. The van der Waals surface area contributed by atoms with E-state index >= 15 is 0 Å². The van der Waals surface area contributed by atoms with Crippen LogP contribution in [0.4, 0.5) is 10.7 Å². The van der Waals surface area contributed by atoms with Crippen molar-refractivity contribution in [2.24, 2.45) is 11.7 Å². The van der Waals surface area contributed by atoms with Gasteiger partial charge >= 0.3 is 5.97 Å². The Labute approximate surface area is 128 Å². The first-order valence-electron chi connectivity index (χ1n) is 7.01. The molecule has 7 heteroatoms. The molecule has 0 aliphatic heterocycles. The Morgan fingerprint density at radius 2 is 2.05 bits per heavy atom. The van der Waals surface area contributed by atoms with Gasteiger partial charge in [-0.1, -0.05) is 13.8 Å². The van der Waals surface area contributed by atoms with Crippen molar-refractivity contribution in [3.05, 3.63) is 10.4 Å². The fourth-order valence-electron chi connectivity index (χ4n) is 1.87. The van der Waals surface area contributed by atoms with Gasteiger partial charge in [-0.3, -0.25) is 4.79 Å². The number of rotatable bonds is 8. The van der Waals surface area contributed by atoms with E-state index in [9.17, 15) is 9.59 Å². The van der Waals surface area contributed by atoms with E-state index in [-0.39, 0.29) is 22.7 Å². The van der Waals surface area contributed by atoms with Crippen molar-refractivity contribution in [2.45, 2.75) is 33.6 Å². The van der Waals surface area contributed by atoms with E-state index in [1.165, 1.54) is 0 Å². The first kappa shape index (κ1) is 17.3. The van der Waals surface area contributed by atoms with Crippen LogP contribution in [0.5, 0.6) is 0 Å². The van der Waals surface area contributed by atoms with Crippen LogP contribution in [0.15, 0.2) is 0 Å². The first-order valence-corrected chi connectivity index (χ1v) is 7.83. The number of nitrogen functional groups attached to an aromatic ring is 1. The standard InChI is InChI=1S/C14H23N3O3S/c1-4-20-14(19)9-10(15)11(12(16)18)21-13(9)17-7-5-6-8(2)3/h8,17H,4-7,15H2,1-3H3,(H2,16,18). The third-order valence-electron chi connectivity index (χ3n) is 2.89. The number of primary amides is 1. The predicted molar refractivity (Wildman–Crippen MR) is 85.8 cm³/mol. The number of esters is 1. The molecule has 118 valence electrons. The maximum atomic E-state index is 12.0. The molecule has 5 N–H and O–H groups in total. The minimum Gasteiger partial charge on any atom is -0.462 e. The van der Waals surface area contributed by atoms with Gasteiger partial charge in [0.1, 0.15) is 15.4 Å². The summed E-state index contributed by atoms with van der Waals surface area (Å²) >= 11 is 1.10. The third kappa shape index (κ3) is 4.63. The largest absolute Gasteiger partial charge is 0.462 e. The van der Waals surface area contributed by atoms with Gasteiger partial charge < -0.3 is 21.5 Å². The van der Waals surface area contributed by atoms with Gasteiger partial charge in [-0.25, -0.2) is 4.79 Å². The van der Waals surface area contributed by atoms with Crippen LogP contribution >= 0.6 is 11.3 Å². The summed E-state index contributed by atoms with van der Waals surface area (Å²) in [5.74, 6) is -0.561. The molecular formula is C14H23N3O3S. The maximum Gasteiger partial charge on any atom is 0.343 e. The van der Waals surface area contributed by atoms with E-state index in [0.717, 1.165) is 24.2 Å². The Morgan fingerprint density at radius 1 is 1.38 bits per heavy atom. The Balaban J connectivity index is 2.92. The molecule has 21 heavy (non-hydrogen) atoms. The average Bonchev–Trinajstić information content (AvgIpc) is 2.72. The molecule has 0 saturated carbocycles. The van der Waals surface area contributed by atoms with Crippen LogP contribution in [-0.2, 0) is 4.74 Å². The van der Waals surface area contributed by atoms with Crippen molar-refractivity contribution < 1.29 is 14.3 Å². The van der Waals surface area contributed by atoms with Crippen LogP contribution in [0.2, 0.25) is 0 Å². The zero-order valence-electron chi connectivity index (χ0n) is 12.7. The zero-order chi connectivity index (χ0) is 16.0. The molecule has 1 heterocycles. The number of thiophene rings is 1. The van der Waals surface area contributed by atoms with E-state index in [0.29, 0.717) is 17.5 Å². The predicted octanol–water partition coefficient (Wildman–Crippen LogP) is 2.45. The minimum atomic E-state index is -0.640. The molecule has 0 spiro atoms. The van der Waals surface area contributed by atoms with Crippen molar-refractivity contribution in [1.82, 2.24) is 0 Å². The highest BCUT2D eigenvalue weighted by Gasteiger charge is 2.25. The fourth-order valence-corrected chi connectivity index (χ4v) is 2.86. The van der Waals surface area contributed by atoms with Crippen LogP contribution in [0.1, 0.15) is 53.6 Å². The smallest absolute Gasteiger partial charge is 0.343 e. The number of nitrogens with one attached hydrogen (secondary N) is 1. The Kier molecular flexibility index (Phi) is 6.48. The highest BCUT2D eigenvalue weighted by atomic mass is 32.1. The number of nitrogens with two attached hydrogens (primary N) is 2. The van der Waals surface area contributed by atoms with E-state index in [1.54, 1.807) is 6.92 Å².